The van der Waals surface area contributed by atoms with E-state index in [2.05, 4.69) is 19.5 Å². The van der Waals surface area contributed by atoms with Crippen molar-refractivity contribution >= 4 is 0 Å². The van der Waals surface area contributed by atoms with Crippen molar-refractivity contribution in [3.63, 3.8) is 0 Å². The molecule has 1 atom stereocenters. The molecule has 6 heteroatoms. The lowest BCUT2D eigenvalue weighted by atomic mass is 10.2. The predicted octanol–water partition coefficient (Wildman–Crippen LogP) is 2.32. The Morgan fingerprint density at radius 2 is 2.00 bits per heavy atom. The van der Waals surface area contributed by atoms with E-state index in [1.807, 2.05) is 18.6 Å². The number of imidazole rings is 1. The summed E-state index contributed by atoms with van der Waals surface area (Å²) >= 11 is 0. The number of rotatable bonds is 6. The Morgan fingerprint density at radius 1 is 1.12 bits per heavy atom. The molecular formula is C19H25N5O. The molecule has 3 heterocycles. The molecular weight excluding hydrogens is 314 g/mol. The highest BCUT2D eigenvalue weighted by molar-refractivity contribution is 5.12. The van der Waals surface area contributed by atoms with Gasteiger partial charge in [0, 0.05) is 36.8 Å². The second-order valence-corrected chi connectivity index (χ2v) is 7.84. The van der Waals surface area contributed by atoms with Gasteiger partial charge in [-0.25, -0.2) is 9.67 Å². The first-order valence-electron chi connectivity index (χ1n) is 9.61. The maximum absolute atomic E-state index is 12.2. The first-order chi connectivity index (χ1) is 12.3. The number of aromatic nitrogens is 4. The van der Waals surface area contributed by atoms with Gasteiger partial charge in [-0.15, -0.1) is 0 Å². The first kappa shape index (κ1) is 15.3. The first-order valence-corrected chi connectivity index (χ1v) is 9.61. The maximum Gasteiger partial charge on any atom is 0.266 e. The van der Waals surface area contributed by atoms with Crippen molar-refractivity contribution in [1.29, 1.82) is 0 Å². The Morgan fingerprint density at radius 3 is 2.80 bits per heavy atom. The molecule has 2 aliphatic carbocycles. The smallest absolute Gasteiger partial charge is 0.266 e. The molecule has 0 aromatic carbocycles. The number of nitrogens with zero attached hydrogens (tertiary/aromatic N) is 5. The van der Waals surface area contributed by atoms with Crippen LogP contribution in [0.1, 0.15) is 61.9 Å². The van der Waals surface area contributed by atoms with Crippen LogP contribution in [-0.4, -0.2) is 36.8 Å². The van der Waals surface area contributed by atoms with E-state index in [1.165, 1.54) is 37.8 Å². The second-order valence-electron chi connectivity index (χ2n) is 7.84. The minimum absolute atomic E-state index is 0.0271. The third-order valence-corrected chi connectivity index (χ3v) is 5.82. The zero-order valence-corrected chi connectivity index (χ0v) is 14.5. The summed E-state index contributed by atoms with van der Waals surface area (Å²) in [4.78, 5) is 19.1. The summed E-state index contributed by atoms with van der Waals surface area (Å²) < 4.78 is 4.04. The van der Waals surface area contributed by atoms with E-state index >= 15 is 0 Å². The van der Waals surface area contributed by atoms with E-state index in [0.29, 0.717) is 24.5 Å². The molecule has 0 radical (unpaired) electrons. The predicted molar refractivity (Wildman–Crippen MR) is 94.4 cm³/mol. The topological polar surface area (TPSA) is 56.0 Å². The summed E-state index contributed by atoms with van der Waals surface area (Å²) in [7, 11) is 0. The minimum atomic E-state index is 0.0271. The van der Waals surface area contributed by atoms with Crippen LogP contribution >= 0.6 is 0 Å². The molecule has 1 unspecified atom stereocenters. The van der Waals surface area contributed by atoms with Crippen molar-refractivity contribution in [2.75, 3.05) is 6.54 Å². The van der Waals surface area contributed by atoms with Gasteiger partial charge in [-0.1, -0.05) is 0 Å². The van der Waals surface area contributed by atoms with Gasteiger partial charge in [0.05, 0.1) is 24.3 Å². The molecule has 0 N–H and O–H groups in total. The molecule has 25 heavy (non-hydrogen) atoms. The van der Waals surface area contributed by atoms with Crippen LogP contribution < -0.4 is 5.56 Å². The molecule has 0 amide bonds. The zero-order valence-electron chi connectivity index (χ0n) is 14.5. The average Bonchev–Trinajstić information content (AvgIpc) is 3.54. The van der Waals surface area contributed by atoms with Gasteiger partial charge in [0.2, 0.25) is 0 Å². The quantitative estimate of drug-likeness (QED) is 0.810. The van der Waals surface area contributed by atoms with Crippen LogP contribution in [0, 0.1) is 0 Å². The largest absolute Gasteiger partial charge is 0.330 e. The van der Waals surface area contributed by atoms with Crippen LogP contribution in [0.2, 0.25) is 0 Å². The lowest BCUT2D eigenvalue weighted by molar-refractivity contribution is 0.211. The normalized spacial score (nSPS) is 24.1. The van der Waals surface area contributed by atoms with Crippen molar-refractivity contribution in [2.24, 2.45) is 0 Å². The van der Waals surface area contributed by atoms with Gasteiger partial charge in [-0.3, -0.25) is 9.69 Å². The summed E-state index contributed by atoms with van der Waals surface area (Å²) in [6, 6.07) is 4.67. The Bertz CT molecular complexity index is 817. The van der Waals surface area contributed by atoms with E-state index in [-0.39, 0.29) is 5.56 Å². The molecule has 3 fully saturated rings. The fourth-order valence-corrected chi connectivity index (χ4v) is 4.05. The summed E-state index contributed by atoms with van der Waals surface area (Å²) in [6.45, 7) is 2.73. The van der Waals surface area contributed by atoms with Crippen LogP contribution in [0.15, 0.2) is 29.5 Å². The van der Waals surface area contributed by atoms with Gasteiger partial charge >= 0.3 is 0 Å². The Labute approximate surface area is 147 Å². The van der Waals surface area contributed by atoms with E-state index in [0.717, 1.165) is 25.2 Å². The third kappa shape index (κ3) is 3.15. The number of hydrogen-bond donors (Lipinski definition) is 0. The van der Waals surface area contributed by atoms with Gasteiger partial charge in [0.25, 0.3) is 5.56 Å². The minimum Gasteiger partial charge on any atom is -0.330 e. The van der Waals surface area contributed by atoms with Crippen LogP contribution in [-0.2, 0) is 13.1 Å². The fraction of sp³-hybridized carbons (Fsp3) is 0.632. The van der Waals surface area contributed by atoms with Crippen molar-refractivity contribution in [3.8, 4) is 0 Å². The monoisotopic (exact) mass is 339 g/mol. The van der Waals surface area contributed by atoms with E-state index in [9.17, 15) is 4.79 Å². The lowest BCUT2D eigenvalue weighted by Crippen LogP contribution is -2.37. The van der Waals surface area contributed by atoms with Crippen molar-refractivity contribution < 1.29 is 0 Å². The molecule has 2 saturated carbocycles. The zero-order chi connectivity index (χ0) is 16.8. The van der Waals surface area contributed by atoms with Crippen LogP contribution in [0.5, 0.6) is 0 Å². The molecule has 1 aliphatic heterocycles. The summed E-state index contributed by atoms with van der Waals surface area (Å²) in [5.74, 6) is 0.583. The molecule has 2 aromatic heterocycles. The average molecular weight is 339 g/mol. The lowest BCUT2D eigenvalue weighted by Gasteiger charge is -2.25. The van der Waals surface area contributed by atoms with Gasteiger partial charge in [0.1, 0.15) is 0 Å². The molecule has 0 spiro atoms. The third-order valence-electron chi connectivity index (χ3n) is 5.82. The van der Waals surface area contributed by atoms with Gasteiger partial charge < -0.3 is 4.57 Å². The van der Waals surface area contributed by atoms with Crippen LogP contribution in [0.3, 0.4) is 0 Å². The highest BCUT2D eigenvalue weighted by Gasteiger charge is 2.30. The highest BCUT2D eigenvalue weighted by Crippen LogP contribution is 2.38. The fourth-order valence-electron chi connectivity index (χ4n) is 4.05. The Kier molecular flexibility index (Phi) is 3.73. The number of likely N-dealkylation sites (tertiary alicyclic amines) is 1. The second kappa shape index (κ2) is 6.09. The molecule has 6 nitrogen and oxygen atoms in total. The highest BCUT2D eigenvalue weighted by atomic mass is 16.1. The van der Waals surface area contributed by atoms with E-state index < -0.39 is 0 Å². The van der Waals surface area contributed by atoms with Gasteiger partial charge in [-0.05, 0) is 51.1 Å². The molecule has 5 rings (SSSR count). The Hall–Kier alpha value is -1.95. The van der Waals surface area contributed by atoms with Crippen molar-refractivity contribution in [1.82, 2.24) is 24.2 Å². The van der Waals surface area contributed by atoms with Crippen LogP contribution in [0.25, 0.3) is 0 Å². The van der Waals surface area contributed by atoms with E-state index in [4.69, 9.17) is 0 Å². The van der Waals surface area contributed by atoms with Crippen LogP contribution in [0.4, 0.5) is 0 Å². The standard InChI is InChI=1S/C19H25N5O/c25-19-8-7-18(14-3-4-14)21-24(19)12-16-2-1-9-22(16)11-17-10-20-13-23(17)15-5-6-15/h7-8,10,13-16H,1-6,9,11-12H2. The van der Waals surface area contributed by atoms with Crippen molar-refractivity contribution in [2.45, 2.75) is 69.6 Å². The summed E-state index contributed by atoms with van der Waals surface area (Å²) in [6.07, 6.45) is 11.3. The number of hydrogen-bond acceptors (Lipinski definition) is 4. The molecule has 132 valence electrons. The molecule has 0 bridgehead atoms. The molecule has 3 aliphatic rings. The van der Waals surface area contributed by atoms with Gasteiger partial charge in [0.15, 0.2) is 0 Å². The molecule has 2 aromatic rings. The molecule has 1 saturated heterocycles. The summed E-state index contributed by atoms with van der Waals surface area (Å²) in [5, 5.41) is 4.64. The SMILES string of the molecule is O=c1ccc(C2CC2)nn1CC1CCCN1Cc1cncn1C1CC1. The Balaban J connectivity index is 1.32. The van der Waals surface area contributed by atoms with E-state index in [1.54, 1.807) is 10.7 Å². The van der Waals surface area contributed by atoms with Crippen molar-refractivity contribution in [3.05, 3.63) is 46.4 Å². The van der Waals surface area contributed by atoms with Gasteiger partial charge in [-0.2, -0.15) is 5.10 Å². The summed E-state index contributed by atoms with van der Waals surface area (Å²) in [5.41, 5.74) is 2.43. The maximum atomic E-state index is 12.2.